The van der Waals surface area contributed by atoms with Crippen molar-refractivity contribution in [3.05, 3.63) is 54.1 Å². The minimum atomic E-state index is -1.02. The fraction of sp³-hybridized carbons (Fsp3) is 0.391. The van der Waals surface area contributed by atoms with Crippen LogP contribution in [0.4, 0.5) is 5.69 Å². The van der Waals surface area contributed by atoms with Crippen LogP contribution in [0, 0.1) is 0 Å². The van der Waals surface area contributed by atoms with Gasteiger partial charge in [-0.25, -0.2) is 4.79 Å². The Bertz CT molecular complexity index is 895. The van der Waals surface area contributed by atoms with Crippen molar-refractivity contribution in [2.75, 3.05) is 30.4 Å². The van der Waals surface area contributed by atoms with Gasteiger partial charge in [-0.1, -0.05) is 30.3 Å². The summed E-state index contributed by atoms with van der Waals surface area (Å²) in [6.45, 7) is 1.68. The molecule has 1 fully saturated rings. The van der Waals surface area contributed by atoms with Gasteiger partial charge in [-0.2, -0.15) is 24.4 Å². The summed E-state index contributed by atoms with van der Waals surface area (Å²) in [6, 6.07) is 14.7. The van der Waals surface area contributed by atoms with E-state index in [4.69, 9.17) is 0 Å². The van der Waals surface area contributed by atoms with Crippen LogP contribution < -0.4 is 16.0 Å². The smallest absolute Gasteiger partial charge is 0.326 e. The van der Waals surface area contributed by atoms with Crippen LogP contribution in [0.25, 0.3) is 11.1 Å². The van der Waals surface area contributed by atoms with E-state index in [-0.39, 0.29) is 5.91 Å². The summed E-state index contributed by atoms with van der Waals surface area (Å²) in [6.07, 6.45) is 3.30. The number of rotatable bonds is 10. The topological polar surface area (TPSA) is 90.5 Å². The molecule has 1 saturated heterocycles. The number of carboxylic acid groups (broad SMARTS) is 1. The molecule has 1 aliphatic rings. The summed E-state index contributed by atoms with van der Waals surface area (Å²) >= 11 is 6.07. The lowest BCUT2D eigenvalue weighted by Gasteiger charge is -2.18. The number of carbonyl (C=O) groups is 2. The average molecular weight is 460 g/mol. The Kier molecular flexibility index (Phi) is 8.69. The second-order valence-electron chi connectivity index (χ2n) is 7.65. The quantitative estimate of drug-likeness (QED) is 0.350. The lowest BCUT2D eigenvalue weighted by molar-refractivity contribution is -0.139. The highest BCUT2D eigenvalue weighted by molar-refractivity contribution is 7.98. The van der Waals surface area contributed by atoms with Gasteiger partial charge in [-0.05, 0) is 54.2 Å². The van der Waals surface area contributed by atoms with E-state index in [0.717, 1.165) is 36.3 Å². The Morgan fingerprint density at radius 1 is 1.26 bits per heavy atom. The van der Waals surface area contributed by atoms with Crippen LogP contribution in [0.1, 0.15) is 23.2 Å². The van der Waals surface area contributed by atoms with Gasteiger partial charge in [-0.15, -0.1) is 0 Å². The fourth-order valence-electron chi connectivity index (χ4n) is 3.63. The molecule has 8 heteroatoms. The number of nitrogens with one attached hydrogen (secondary N) is 3. The molecule has 3 rings (SSSR count). The molecule has 1 heterocycles. The first-order valence-electron chi connectivity index (χ1n) is 10.4. The minimum absolute atomic E-state index is 0.360. The molecule has 2 aromatic carbocycles. The largest absolute Gasteiger partial charge is 0.480 e. The molecule has 0 saturated carbocycles. The maximum atomic E-state index is 13.0. The third-order valence-corrected chi connectivity index (χ3v) is 6.35. The minimum Gasteiger partial charge on any atom is -0.480 e. The van der Waals surface area contributed by atoms with E-state index >= 15 is 0 Å². The van der Waals surface area contributed by atoms with Gasteiger partial charge in [0.25, 0.3) is 5.91 Å². The third kappa shape index (κ3) is 6.66. The standard InChI is InChI=1S/C23H29N3O3S2/c1-31-10-9-21(23(28)29)26-22(27)19-8-7-16(24-13-17-11-18(30)14-25-17)12-20(19)15-5-3-2-4-6-15/h2-8,12,17-18,21,24-25,30H,9-11,13-14H2,1H3,(H,26,27)(H,28,29)/t17-,18-,21?/m0/s1. The number of thioether (sulfide) groups is 1. The second kappa shape index (κ2) is 11.5. The summed E-state index contributed by atoms with van der Waals surface area (Å²) in [5.41, 5.74) is 3.05. The molecule has 1 amide bonds. The number of hydrogen-bond donors (Lipinski definition) is 5. The lowest BCUT2D eigenvalue weighted by Crippen LogP contribution is -2.41. The number of aliphatic carboxylic acids is 1. The highest BCUT2D eigenvalue weighted by atomic mass is 32.2. The summed E-state index contributed by atoms with van der Waals surface area (Å²) < 4.78 is 0. The Hall–Kier alpha value is -2.16. The second-order valence-corrected chi connectivity index (χ2v) is 9.36. The number of carbonyl (C=O) groups excluding carboxylic acids is 1. The molecule has 2 aromatic rings. The van der Waals surface area contributed by atoms with Crippen molar-refractivity contribution in [3.63, 3.8) is 0 Å². The first kappa shape index (κ1) is 23.5. The molecular weight excluding hydrogens is 430 g/mol. The van der Waals surface area contributed by atoms with Crippen LogP contribution in [0.3, 0.4) is 0 Å². The highest BCUT2D eigenvalue weighted by Gasteiger charge is 2.23. The zero-order valence-electron chi connectivity index (χ0n) is 17.5. The van der Waals surface area contributed by atoms with Crippen molar-refractivity contribution in [2.24, 2.45) is 0 Å². The van der Waals surface area contributed by atoms with Gasteiger partial charge in [0.2, 0.25) is 0 Å². The summed E-state index contributed by atoms with van der Waals surface area (Å²) in [7, 11) is 0. The molecule has 3 atom stereocenters. The SMILES string of the molecule is CSCCC(NC(=O)c1ccc(NC[C@@H]2C[C@H](S)CN2)cc1-c1ccccc1)C(=O)O. The van der Waals surface area contributed by atoms with E-state index in [1.165, 1.54) is 0 Å². The zero-order valence-corrected chi connectivity index (χ0v) is 19.2. The zero-order chi connectivity index (χ0) is 22.2. The third-order valence-electron chi connectivity index (χ3n) is 5.31. The molecule has 31 heavy (non-hydrogen) atoms. The fourth-order valence-corrected chi connectivity index (χ4v) is 4.46. The number of anilines is 1. The van der Waals surface area contributed by atoms with E-state index in [1.54, 1.807) is 17.8 Å². The predicted molar refractivity (Wildman–Crippen MR) is 131 cm³/mol. The molecule has 0 bridgehead atoms. The van der Waals surface area contributed by atoms with Crippen molar-refractivity contribution in [2.45, 2.75) is 30.2 Å². The number of thiol groups is 1. The van der Waals surface area contributed by atoms with Crippen LogP contribution in [-0.2, 0) is 4.79 Å². The highest BCUT2D eigenvalue weighted by Crippen LogP contribution is 2.27. The van der Waals surface area contributed by atoms with Gasteiger partial charge in [0.05, 0.1) is 0 Å². The van der Waals surface area contributed by atoms with Gasteiger partial charge in [-0.3, -0.25) is 4.79 Å². The lowest BCUT2D eigenvalue weighted by atomic mass is 9.98. The summed E-state index contributed by atoms with van der Waals surface area (Å²) in [4.78, 5) is 24.6. The van der Waals surface area contributed by atoms with Gasteiger partial charge in [0, 0.05) is 35.6 Å². The van der Waals surface area contributed by atoms with E-state index in [2.05, 4.69) is 28.6 Å². The molecule has 1 unspecified atom stereocenters. The maximum Gasteiger partial charge on any atom is 0.326 e. The number of carboxylic acids is 1. The molecule has 0 radical (unpaired) electrons. The first-order valence-corrected chi connectivity index (χ1v) is 12.3. The van der Waals surface area contributed by atoms with Gasteiger partial charge in [0.15, 0.2) is 0 Å². The number of amides is 1. The number of benzene rings is 2. The van der Waals surface area contributed by atoms with Crippen molar-refractivity contribution in [1.29, 1.82) is 0 Å². The van der Waals surface area contributed by atoms with E-state index in [9.17, 15) is 14.7 Å². The molecule has 1 aliphatic heterocycles. The van der Waals surface area contributed by atoms with Gasteiger partial charge < -0.3 is 21.1 Å². The molecule has 6 nitrogen and oxygen atoms in total. The van der Waals surface area contributed by atoms with Crippen LogP contribution >= 0.6 is 24.4 Å². The van der Waals surface area contributed by atoms with E-state index < -0.39 is 12.0 Å². The monoisotopic (exact) mass is 459 g/mol. The van der Waals surface area contributed by atoms with Crippen molar-refractivity contribution < 1.29 is 14.7 Å². The van der Waals surface area contributed by atoms with Crippen molar-refractivity contribution in [1.82, 2.24) is 10.6 Å². The van der Waals surface area contributed by atoms with Crippen molar-refractivity contribution in [3.8, 4) is 11.1 Å². The van der Waals surface area contributed by atoms with Crippen LogP contribution in [0.5, 0.6) is 0 Å². The Balaban J connectivity index is 1.81. The van der Waals surface area contributed by atoms with Crippen LogP contribution in [0.15, 0.2) is 48.5 Å². The first-order chi connectivity index (χ1) is 15.0. The van der Waals surface area contributed by atoms with Crippen LogP contribution in [0.2, 0.25) is 0 Å². The van der Waals surface area contributed by atoms with E-state index in [0.29, 0.717) is 29.0 Å². The predicted octanol–water partition coefficient (Wildman–Crippen LogP) is 3.36. The normalized spacial score (nSPS) is 19.0. The van der Waals surface area contributed by atoms with Gasteiger partial charge >= 0.3 is 5.97 Å². The average Bonchev–Trinajstić information content (AvgIpc) is 3.20. The maximum absolute atomic E-state index is 13.0. The molecule has 0 aliphatic carbocycles. The Morgan fingerprint density at radius 3 is 2.68 bits per heavy atom. The molecule has 4 N–H and O–H groups in total. The number of hydrogen-bond acceptors (Lipinski definition) is 6. The Labute approximate surface area is 193 Å². The Morgan fingerprint density at radius 2 is 2.03 bits per heavy atom. The molecule has 166 valence electrons. The molecular formula is C23H29N3O3S2. The molecule has 0 spiro atoms. The van der Waals surface area contributed by atoms with Crippen LogP contribution in [-0.4, -0.2) is 59.4 Å². The van der Waals surface area contributed by atoms with Crippen molar-refractivity contribution >= 4 is 42.0 Å². The summed E-state index contributed by atoms with van der Waals surface area (Å²) in [5, 5.41) is 19.4. The molecule has 0 aromatic heterocycles. The van der Waals surface area contributed by atoms with Gasteiger partial charge in [0.1, 0.15) is 6.04 Å². The van der Waals surface area contributed by atoms with E-state index in [1.807, 2.05) is 48.7 Å². The summed E-state index contributed by atoms with van der Waals surface area (Å²) in [5.74, 6) is -0.739.